The fourth-order valence-electron chi connectivity index (χ4n) is 3.69. The molecule has 0 aromatic carbocycles. The average Bonchev–Trinajstić information content (AvgIpc) is 2.53. The second-order valence-electron chi connectivity index (χ2n) is 6.67. The Morgan fingerprint density at radius 1 is 0.871 bits per heavy atom. The Bertz CT molecular complexity index is 629. The standard InChI is InChI=1S/C14H24N2O6.H2O4S.4H2O/c1-5-4-6(17)11-14(20-5)22-13-10(19)7(15-2)9(18)8(16-3)12(13)21-11;1-5(2,3)4;;;;/h5,7-16,18-19H,4H2,1-3H3;(H2,1,2,3,4);4*1H2/t5?,7-,8+,9?,10+,11+,12-,13-,14+;;;;;/m1...../s1. The first kappa shape index (κ1) is 34.7. The summed E-state index contributed by atoms with van der Waals surface area (Å²) < 4.78 is 49.0. The molecule has 3 fully saturated rings. The van der Waals surface area contributed by atoms with Crippen molar-refractivity contribution in [2.75, 3.05) is 14.1 Å². The van der Waals surface area contributed by atoms with Gasteiger partial charge in [-0.25, -0.2) is 0 Å². The van der Waals surface area contributed by atoms with E-state index in [1.807, 2.05) is 0 Å². The van der Waals surface area contributed by atoms with Crippen molar-refractivity contribution < 1.29 is 68.6 Å². The molecule has 3 aliphatic rings. The Morgan fingerprint density at radius 2 is 1.35 bits per heavy atom. The second-order valence-corrected chi connectivity index (χ2v) is 7.56. The molecule has 0 radical (unpaired) electrons. The summed E-state index contributed by atoms with van der Waals surface area (Å²) in [5.74, 6) is -0.0724. The number of likely N-dealkylation sites (N-methyl/N-ethyl adjacent to an activating group) is 2. The van der Waals surface area contributed by atoms with Crippen LogP contribution >= 0.6 is 0 Å². The van der Waals surface area contributed by atoms with E-state index in [0.717, 1.165) is 0 Å². The second kappa shape index (κ2) is 13.6. The van der Waals surface area contributed by atoms with Gasteiger partial charge in [0.25, 0.3) is 0 Å². The Kier molecular flexibility index (Phi) is 15.2. The van der Waals surface area contributed by atoms with Gasteiger partial charge in [0.2, 0.25) is 0 Å². The van der Waals surface area contributed by atoms with Crippen LogP contribution in [0.4, 0.5) is 0 Å². The van der Waals surface area contributed by atoms with Gasteiger partial charge in [0, 0.05) is 6.42 Å². The predicted octanol–water partition coefficient (Wildman–Crippen LogP) is -6.20. The minimum Gasteiger partial charge on any atom is -0.412 e. The van der Waals surface area contributed by atoms with E-state index in [0.29, 0.717) is 0 Å². The van der Waals surface area contributed by atoms with Gasteiger partial charge < -0.3 is 57.0 Å². The van der Waals surface area contributed by atoms with E-state index in [-0.39, 0.29) is 40.2 Å². The van der Waals surface area contributed by atoms with E-state index >= 15 is 0 Å². The molecule has 9 atom stereocenters. The maximum Gasteiger partial charge on any atom is 0.394 e. The highest BCUT2D eigenvalue weighted by Gasteiger charge is 2.57. The lowest BCUT2D eigenvalue weighted by atomic mass is 9.80. The van der Waals surface area contributed by atoms with Crippen molar-refractivity contribution in [2.45, 2.75) is 68.3 Å². The monoisotopic (exact) mass is 486 g/mol. The summed E-state index contributed by atoms with van der Waals surface area (Å²) in [7, 11) is -1.30. The normalized spacial score (nSPS) is 38.8. The molecule has 2 unspecified atom stereocenters. The van der Waals surface area contributed by atoms with Crippen LogP contribution in [-0.2, 0) is 29.4 Å². The number of ketones is 1. The van der Waals surface area contributed by atoms with Crippen molar-refractivity contribution in [1.82, 2.24) is 10.6 Å². The van der Waals surface area contributed by atoms with Gasteiger partial charge in [0.15, 0.2) is 18.2 Å². The molecule has 190 valence electrons. The number of ether oxygens (including phenoxy) is 3. The van der Waals surface area contributed by atoms with Gasteiger partial charge in [0.05, 0.1) is 24.3 Å². The van der Waals surface area contributed by atoms with Crippen LogP contribution in [0.2, 0.25) is 0 Å². The minimum atomic E-state index is -4.67. The molecule has 2 saturated heterocycles. The average molecular weight is 486 g/mol. The number of carbonyl (C=O) groups excluding carboxylic acids is 1. The maximum absolute atomic E-state index is 12.1. The third kappa shape index (κ3) is 8.18. The Hall–Kier alpha value is -0.900. The molecule has 16 nitrogen and oxygen atoms in total. The van der Waals surface area contributed by atoms with Crippen LogP contribution in [0.25, 0.3) is 0 Å². The highest BCUT2D eigenvalue weighted by molar-refractivity contribution is 7.79. The zero-order chi connectivity index (χ0) is 20.5. The molecule has 0 aromatic rings. The van der Waals surface area contributed by atoms with E-state index in [1.165, 1.54) is 0 Å². The van der Waals surface area contributed by atoms with Crippen LogP contribution in [0.15, 0.2) is 0 Å². The van der Waals surface area contributed by atoms with Crippen LogP contribution in [-0.4, -0.2) is 125 Å². The van der Waals surface area contributed by atoms with E-state index in [4.69, 9.17) is 31.7 Å². The molecule has 2 aliphatic heterocycles. The summed E-state index contributed by atoms with van der Waals surface area (Å²) in [5.41, 5.74) is 0. The quantitative estimate of drug-likeness (QED) is 0.198. The van der Waals surface area contributed by atoms with Crippen LogP contribution < -0.4 is 10.6 Å². The Balaban J connectivity index is -0.000000790. The van der Waals surface area contributed by atoms with Crippen molar-refractivity contribution >= 4 is 16.2 Å². The van der Waals surface area contributed by atoms with E-state index in [9.17, 15) is 15.0 Å². The zero-order valence-corrected chi connectivity index (χ0v) is 17.9. The van der Waals surface area contributed by atoms with Crippen molar-refractivity contribution in [2.24, 2.45) is 0 Å². The highest BCUT2D eigenvalue weighted by Crippen LogP contribution is 2.35. The molecule has 0 spiro atoms. The summed E-state index contributed by atoms with van der Waals surface area (Å²) in [6.07, 6.45) is -4.72. The topological polar surface area (TPSA) is 310 Å². The highest BCUT2D eigenvalue weighted by atomic mass is 32.3. The van der Waals surface area contributed by atoms with E-state index in [2.05, 4.69) is 10.6 Å². The van der Waals surface area contributed by atoms with Crippen LogP contribution in [0, 0.1) is 0 Å². The van der Waals surface area contributed by atoms with E-state index in [1.54, 1.807) is 21.0 Å². The Labute approximate surface area is 178 Å². The van der Waals surface area contributed by atoms with Crippen LogP contribution in [0.5, 0.6) is 0 Å². The number of carbonyl (C=O) groups is 1. The first-order valence-corrected chi connectivity index (χ1v) is 9.77. The summed E-state index contributed by atoms with van der Waals surface area (Å²) in [6, 6.07) is -1.02. The lowest BCUT2D eigenvalue weighted by molar-refractivity contribution is -0.340. The summed E-state index contributed by atoms with van der Waals surface area (Å²) >= 11 is 0. The van der Waals surface area contributed by atoms with Crippen molar-refractivity contribution in [3.63, 3.8) is 0 Å². The molecule has 31 heavy (non-hydrogen) atoms. The number of rotatable bonds is 2. The van der Waals surface area contributed by atoms with Crippen molar-refractivity contribution in [3.8, 4) is 0 Å². The number of aliphatic hydroxyl groups excluding tert-OH is 2. The summed E-state index contributed by atoms with van der Waals surface area (Å²) in [6.45, 7) is 1.80. The number of Topliss-reactive ketones (excluding diaryl/α,β-unsaturated/α-hetero) is 1. The molecular weight excluding hydrogens is 452 g/mol. The number of aliphatic hydroxyl groups is 2. The summed E-state index contributed by atoms with van der Waals surface area (Å²) in [4.78, 5) is 12.1. The van der Waals surface area contributed by atoms with Gasteiger partial charge in [-0.1, -0.05) is 0 Å². The molecule has 0 amide bonds. The number of hydrogen-bond acceptors (Lipinski definition) is 10. The number of nitrogens with one attached hydrogen (secondary N) is 2. The molecule has 1 aliphatic carbocycles. The van der Waals surface area contributed by atoms with Gasteiger partial charge in [-0.2, -0.15) is 8.42 Å². The predicted molar refractivity (Wildman–Crippen MR) is 104 cm³/mol. The third-order valence-corrected chi connectivity index (χ3v) is 4.80. The number of hydrogen-bond donors (Lipinski definition) is 6. The van der Waals surface area contributed by atoms with Crippen molar-refractivity contribution in [1.29, 1.82) is 0 Å². The van der Waals surface area contributed by atoms with Gasteiger partial charge in [0.1, 0.15) is 18.3 Å². The molecule has 0 aromatic heterocycles. The summed E-state index contributed by atoms with van der Waals surface area (Å²) in [5, 5.41) is 26.8. The lowest BCUT2D eigenvalue weighted by Crippen LogP contribution is -2.75. The van der Waals surface area contributed by atoms with Gasteiger partial charge in [-0.15, -0.1) is 0 Å². The molecule has 17 heteroatoms. The first-order chi connectivity index (χ1) is 12.5. The van der Waals surface area contributed by atoms with Gasteiger partial charge in [-0.05, 0) is 21.0 Å². The van der Waals surface area contributed by atoms with Crippen LogP contribution in [0.1, 0.15) is 13.3 Å². The molecule has 1 saturated carbocycles. The van der Waals surface area contributed by atoms with Crippen molar-refractivity contribution in [3.05, 3.63) is 0 Å². The molecule has 3 rings (SSSR count). The maximum atomic E-state index is 12.1. The van der Waals surface area contributed by atoms with Gasteiger partial charge >= 0.3 is 10.4 Å². The Morgan fingerprint density at radius 3 is 1.81 bits per heavy atom. The SMILES string of the molecule is CN[C@@H]1C(O)[C@H](NC)[C@H]2O[C@H]3C(=O)CC(C)O[C@H]3O[C@@H]2[C@H]1O.O.O.O.O.O=S(=O)(O)O. The van der Waals surface area contributed by atoms with E-state index < -0.39 is 59.3 Å². The first-order valence-electron chi connectivity index (χ1n) is 8.37. The smallest absolute Gasteiger partial charge is 0.394 e. The minimum absolute atomic E-state index is 0. The largest absolute Gasteiger partial charge is 0.412 e. The zero-order valence-electron chi connectivity index (χ0n) is 17.0. The fraction of sp³-hybridized carbons (Fsp3) is 0.929. The molecular formula is C14H34N2O14S. The third-order valence-electron chi connectivity index (χ3n) is 4.80. The fourth-order valence-corrected chi connectivity index (χ4v) is 3.69. The molecule has 0 bridgehead atoms. The molecule has 2 heterocycles. The molecule has 14 N–H and O–H groups in total. The van der Waals surface area contributed by atoms with Gasteiger partial charge in [-0.3, -0.25) is 13.9 Å². The number of fused-ring (bicyclic) bond motifs is 2. The lowest BCUT2D eigenvalue weighted by Gasteiger charge is -2.53. The van der Waals surface area contributed by atoms with Crippen LogP contribution in [0.3, 0.4) is 0 Å².